The van der Waals surface area contributed by atoms with Crippen LogP contribution in [0.1, 0.15) is 32.6 Å². The van der Waals surface area contributed by atoms with Gasteiger partial charge in [0, 0.05) is 33.4 Å². The van der Waals surface area contributed by atoms with E-state index in [1.54, 1.807) is 11.4 Å². The van der Waals surface area contributed by atoms with E-state index in [0.717, 1.165) is 38.8 Å². The molecule has 120 valence electrons. The first-order chi connectivity index (χ1) is 9.60. The van der Waals surface area contributed by atoms with Crippen LogP contribution in [-0.4, -0.2) is 59.2 Å². The smallest absolute Gasteiger partial charge is 0.279 e. The van der Waals surface area contributed by atoms with Crippen molar-refractivity contribution in [1.82, 2.24) is 14.3 Å². The second kappa shape index (κ2) is 9.68. The fourth-order valence-corrected chi connectivity index (χ4v) is 3.79. The van der Waals surface area contributed by atoms with Crippen molar-refractivity contribution in [2.75, 3.05) is 46.4 Å². The average Bonchev–Trinajstić information content (AvgIpc) is 2.45. The zero-order chi connectivity index (χ0) is 14.8. The van der Waals surface area contributed by atoms with Crippen molar-refractivity contribution in [2.45, 2.75) is 32.6 Å². The molecule has 0 aromatic heterocycles. The highest BCUT2D eigenvalue weighted by molar-refractivity contribution is 7.87. The molecule has 0 aromatic rings. The van der Waals surface area contributed by atoms with Crippen LogP contribution in [0.3, 0.4) is 0 Å². The molecule has 1 aliphatic heterocycles. The molecule has 1 atom stereocenters. The van der Waals surface area contributed by atoms with Gasteiger partial charge >= 0.3 is 0 Å². The van der Waals surface area contributed by atoms with Crippen LogP contribution < -0.4 is 10.0 Å². The molecule has 1 heterocycles. The van der Waals surface area contributed by atoms with E-state index in [2.05, 4.69) is 17.0 Å². The quantitative estimate of drug-likeness (QED) is 0.579. The van der Waals surface area contributed by atoms with E-state index in [4.69, 9.17) is 4.74 Å². The van der Waals surface area contributed by atoms with E-state index in [1.165, 1.54) is 0 Å². The van der Waals surface area contributed by atoms with Crippen molar-refractivity contribution >= 4 is 10.2 Å². The van der Waals surface area contributed by atoms with Crippen molar-refractivity contribution in [3.8, 4) is 0 Å². The fraction of sp³-hybridized carbons (Fsp3) is 1.00. The van der Waals surface area contributed by atoms with Gasteiger partial charge in [-0.3, -0.25) is 0 Å². The maximum Gasteiger partial charge on any atom is 0.279 e. The second-order valence-corrected chi connectivity index (χ2v) is 7.03. The van der Waals surface area contributed by atoms with Crippen LogP contribution in [0, 0.1) is 5.92 Å². The third kappa shape index (κ3) is 6.49. The topological polar surface area (TPSA) is 70.7 Å². The van der Waals surface area contributed by atoms with Crippen LogP contribution in [0.5, 0.6) is 0 Å². The first-order valence-corrected chi connectivity index (χ1v) is 8.98. The number of ether oxygens (including phenoxy) is 1. The molecule has 1 fully saturated rings. The molecule has 0 saturated carbocycles. The van der Waals surface area contributed by atoms with Gasteiger partial charge in [-0.15, -0.1) is 0 Å². The van der Waals surface area contributed by atoms with Gasteiger partial charge in [0.25, 0.3) is 10.2 Å². The van der Waals surface area contributed by atoms with Gasteiger partial charge in [-0.05, 0) is 44.7 Å². The number of hydrogen-bond donors (Lipinski definition) is 2. The van der Waals surface area contributed by atoms with Crippen LogP contribution >= 0.6 is 0 Å². The first-order valence-electron chi connectivity index (χ1n) is 7.54. The summed E-state index contributed by atoms with van der Waals surface area (Å²) in [6.45, 7) is 6.32. The molecule has 0 amide bonds. The number of unbranched alkanes of at least 4 members (excludes halogenated alkanes) is 1. The normalized spacial score (nSPS) is 21.2. The third-order valence-electron chi connectivity index (χ3n) is 3.56. The van der Waals surface area contributed by atoms with E-state index < -0.39 is 10.2 Å². The van der Waals surface area contributed by atoms with E-state index in [9.17, 15) is 8.42 Å². The summed E-state index contributed by atoms with van der Waals surface area (Å²) in [6, 6.07) is 0. The number of rotatable bonds is 10. The zero-order valence-electron chi connectivity index (χ0n) is 12.7. The molecule has 20 heavy (non-hydrogen) atoms. The van der Waals surface area contributed by atoms with Gasteiger partial charge in [-0.25, -0.2) is 4.72 Å². The van der Waals surface area contributed by atoms with Gasteiger partial charge in [0.05, 0.1) is 0 Å². The number of piperidine rings is 1. The van der Waals surface area contributed by atoms with E-state index >= 15 is 0 Å². The standard InChI is InChI=1S/C13H29N3O3S/c1-3-14-11-13-7-6-9-16(12-13)20(17,18)15-8-4-5-10-19-2/h13-15H,3-12H2,1-2H3. The van der Waals surface area contributed by atoms with E-state index in [0.29, 0.717) is 32.2 Å². The summed E-state index contributed by atoms with van der Waals surface area (Å²) in [6.07, 6.45) is 3.73. The minimum absolute atomic E-state index is 0.425. The molecule has 6 nitrogen and oxygen atoms in total. The molecule has 1 rings (SSSR count). The molecule has 0 bridgehead atoms. The summed E-state index contributed by atoms with van der Waals surface area (Å²) in [5.74, 6) is 0.425. The van der Waals surface area contributed by atoms with Crippen molar-refractivity contribution in [1.29, 1.82) is 0 Å². The predicted molar refractivity (Wildman–Crippen MR) is 80.9 cm³/mol. The molecule has 0 aromatic carbocycles. The summed E-state index contributed by atoms with van der Waals surface area (Å²) in [7, 11) is -1.66. The SMILES string of the molecule is CCNCC1CCCN(S(=O)(=O)NCCCCOC)C1. The second-order valence-electron chi connectivity index (χ2n) is 5.27. The maximum atomic E-state index is 12.2. The van der Waals surface area contributed by atoms with Crippen LogP contribution in [0.4, 0.5) is 0 Å². The van der Waals surface area contributed by atoms with Gasteiger partial charge in [0.1, 0.15) is 0 Å². The lowest BCUT2D eigenvalue weighted by atomic mass is 10.00. The molecular weight excluding hydrogens is 278 g/mol. The van der Waals surface area contributed by atoms with Gasteiger partial charge in [0.15, 0.2) is 0 Å². The summed E-state index contributed by atoms with van der Waals surface area (Å²) >= 11 is 0. The Morgan fingerprint density at radius 2 is 2.15 bits per heavy atom. The fourth-order valence-electron chi connectivity index (χ4n) is 2.42. The van der Waals surface area contributed by atoms with Crippen molar-refractivity contribution < 1.29 is 13.2 Å². The molecular formula is C13H29N3O3S. The molecule has 1 saturated heterocycles. The Kier molecular flexibility index (Phi) is 8.63. The van der Waals surface area contributed by atoms with Crippen LogP contribution in [0.25, 0.3) is 0 Å². The zero-order valence-corrected chi connectivity index (χ0v) is 13.5. The van der Waals surface area contributed by atoms with Gasteiger partial charge in [0.2, 0.25) is 0 Å². The number of methoxy groups -OCH3 is 1. The monoisotopic (exact) mass is 307 g/mol. The lowest BCUT2D eigenvalue weighted by Gasteiger charge is -2.32. The Bertz CT molecular complexity index is 349. The lowest BCUT2D eigenvalue weighted by molar-refractivity contribution is 0.193. The van der Waals surface area contributed by atoms with Gasteiger partial charge in [-0.1, -0.05) is 6.92 Å². The molecule has 7 heteroatoms. The van der Waals surface area contributed by atoms with Gasteiger partial charge < -0.3 is 10.1 Å². The summed E-state index contributed by atoms with van der Waals surface area (Å²) < 4.78 is 33.6. The summed E-state index contributed by atoms with van der Waals surface area (Å²) in [5, 5.41) is 3.30. The Labute approximate surface area is 123 Å². The van der Waals surface area contributed by atoms with Crippen molar-refractivity contribution in [3.05, 3.63) is 0 Å². The molecule has 0 spiro atoms. The minimum Gasteiger partial charge on any atom is -0.385 e. The largest absolute Gasteiger partial charge is 0.385 e. The highest BCUT2D eigenvalue weighted by Gasteiger charge is 2.28. The minimum atomic E-state index is -3.31. The Hall–Kier alpha value is -0.210. The molecule has 0 radical (unpaired) electrons. The Morgan fingerprint density at radius 1 is 1.35 bits per heavy atom. The average molecular weight is 307 g/mol. The van der Waals surface area contributed by atoms with E-state index in [-0.39, 0.29) is 0 Å². The third-order valence-corrected chi connectivity index (χ3v) is 5.14. The molecule has 1 aliphatic rings. The summed E-state index contributed by atoms with van der Waals surface area (Å²) in [4.78, 5) is 0. The lowest BCUT2D eigenvalue weighted by Crippen LogP contribution is -2.47. The van der Waals surface area contributed by atoms with Crippen LogP contribution in [0.2, 0.25) is 0 Å². The predicted octanol–water partition coefficient (Wildman–Crippen LogP) is 0.569. The Balaban J connectivity index is 2.34. The van der Waals surface area contributed by atoms with Gasteiger partial charge in [-0.2, -0.15) is 12.7 Å². The first kappa shape index (κ1) is 17.8. The van der Waals surface area contributed by atoms with Crippen molar-refractivity contribution in [3.63, 3.8) is 0 Å². The molecule has 0 aliphatic carbocycles. The number of nitrogens with one attached hydrogen (secondary N) is 2. The number of hydrogen-bond acceptors (Lipinski definition) is 4. The highest BCUT2D eigenvalue weighted by Crippen LogP contribution is 2.17. The molecule has 1 unspecified atom stereocenters. The Morgan fingerprint density at radius 3 is 2.85 bits per heavy atom. The maximum absolute atomic E-state index is 12.2. The van der Waals surface area contributed by atoms with E-state index in [1.807, 2.05) is 0 Å². The van der Waals surface area contributed by atoms with Crippen molar-refractivity contribution in [2.24, 2.45) is 5.92 Å². The highest BCUT2D eigenvalue weighted by atomic mass is 32.2. The summed E-state index contributed by atoms with van der Waals surface area (Å²) in [5.41, 5.74) is 0. The van der Waals surface area contributed by atoms with Crippen LogP contribution in [0.15, 0.2) is 0 Å². The molecule has 2 N–H and O–H groups in total. The number of nitrogens with zero attached hydrogens (tertiary/aromatic N) is 1. The van der Waals surface area contributed by atoms with Crippen LogP contribution in [-0.2, 0) is 14.9 Å².